The summed E-state index contributed by atoms with van der Waals surface area (Å²) in [7, 11) is -3.40. The lowest BCUT2D eigenvalue weighted by atomic mass is 10.2. The van der Waals surface area contributed by atoms with E-state index in [-0.39, 0.29) is 23.1 Å². The van der Waals surface area contributed by atoms with Crippen LogP contribution < -0.4 is 5.73 Å². The van der Waals surface area contributed by atoms with Crippen LogP contribution in [-0.4, -0.2) is 48.8 Å². The number of nitrogens with zero attached hydrogens (tertiary/aromatic N) is 1. The lowest BCUT2D eigenvalue weighted by Crippen LogP contribution is -2.37. The molecular weight excluding hydrogens is 272 g/mol. The number of carbonyl (C=O) groups excluding carboxylic acids is 1. The Bertz CT molecular complexity index is 399. The van der Waals surface area contributed by atoms with Gasteiger partial charge in [0.2, 0.25) is 5.91 Å². The van der Waals surface area contributed by atoms with Crippen molar-refractivity contribution in [2.75, 3.05) is 24.6 Å². The van der Waals surface area contributed by atoms with Crippen molar-refractivity contribution < 1.29 is 13.2 Å². The predicted molar refractivity (Wildman–Crippen MR) is 75.1 cm³/mol. The van der Waals surface area contributed by atoms with Crippen molar-refractivity contribution >= 4 is 33.0 Å². The van der Waals surface area contributed by atoms with Gasteiger partial charge in [0, 0.05) is 19.5 Å². The van der Waals surface area contributed by atoms with Crippen molar-refractivity contribution in [3.05, 3.63) is 0 Å². The molecule has 18 heavy (non-hydrogen) atoms. The number of rotatable bonds is 5. The SMILES string of the molecule is NC(=S)CCS(=O)(=O)CC(=O)N1CCCCCC1. The first-order chi connectivity index (χ1) is 8.41. The van der Waals surface area contributed by atoms with Crippen molar-refractivity contribution in [2.24, 2.45) is 5.73 Å². The van der Waals surface area contributed by atoms with Crippen molar-refractivity contribution in [3.63, 3.8) is 0 Å². The molecule has 1 amide bonds. The van der Waals surface area contributed by atoms with Crippen LogP contribution in [0.2, 0.25) is 0 Å². The third-order valence-electron chi connectivity index (χ3n) is 2.96. The Labute approximate surface area is 114 Å². The average Bonchev–Trinajstić information content (AvgIpc) is 2.54. The molecular formula is C11H20N2O3S2. The summed E-state index contributed by atoms with van der Waals surface area (Å²) in [6.45, 7) is 1.34. The van der Waals surface area contributed by atoms with E-state index in [2.05, 4.69) is 12.2 Å². The number of thiocarbonyl (C=S) groups is 1. The van der Waals surface area contributed by atoms with Crippen LogP contribution in [0.25, 0.3) is 0 Å². The van der Waals surface area contributed by atoms with E-state index < -0.39 is 15.6 Å². The lowest BCUT2D eigenvalue weighted by Gasteiger charge is -2.20. The molecule has 104 valence electrons. The standard InChI is InChI=1S/C11H20N2O3S2/c12-10(17)5-8-18(15,16)9-11(14)13-6-3-1-2-4-7-13/h1-9H2,(H2,12,17). The van der Waals surface area contributed by atoms with Gasteiger partial charge in [-0.25, -0.2) is 8.42 Å². The molecule has 0 spiro atoms. The fourth-order valence-electron chi connectivity index (χ4n) is 1.93. The number of hydrogen-bond acceptors (Lipinski definition) is 4. The third kappa shape index (κ3) is 5.77. The molecule has 0 bridgehead atoms. The fraction of sp³-hybridized carbons (Fsp3) is 0.818. The minimum atomic E-state index is -3.40. The van der Waals surface area contributed by atoms with Gasteiger partial charge >= 0.3 is 0 Å². The van der Waals surface area contributed by atoms with E-state index in [4.69, 9.17) is 5.73 Å². The second-order valence-electron chi connectivity index (χ2n) is 4.60. The molecule has 1 fully saturated rings. The van der Waals surface area contributed by atoms with Crippen LogP contribution in [-0.2, 0) is 14.6 Å². The van der Waals surface area contributed by atoms with Gasteiger partial charge < -0.3 is 10.6 Å². The number of likely N-dealkylation sites (tertiary alicyclic amines) is 1. The number of carbonyl (C=O) groups is 1. The molecule has 5 nitrogen and oxygen atoms in total. The van der Waals surface area contributed by atoms with Crippen LogP contribution in [0.4, 0.5) is 0 Å². The van der Waals surface area contributed by atoms with Crippen LogP contribution in [0.15, 0.2) is 0 Å². The van der Waals surface area contributed by atoms with Gasteiger partial charge in [-0.05, 0) is 12.8 Å². The maximum Gasteiger partial charge on any atom is 0.237 e. The zero-order valence-electron chi connectivity index (χ0n) is 10.4. The smallest absolute Gasteiger partial charge is 0.237 e. The van der Waals surface area contributed by atoms with Gasteiger partial charge in [-0.2, -0.15) is 0 Å². The highest BCUT2D eigenvalue weighted by atomic mass is 32.2. The summed E-state index contributed by atoms with van der Waals surface area (Å²) in [4.78, 5) is 13.7. The van der Waals surface area contributed by atoms with Gasteiger partial charge in [-0.3, -0.25) is 4.79 Å². The number of sulfone groups is 1. The summed E-state index contributed by atoms with van der Waals surface area (Å²) in [6, 6.07) is 0. The minimum Gasteiger partial charge on any atom is -0.393 e. The normalized spacial score (nSPS) is 17.2. The summed E-state index contributed by atoms with van der Waals surface area (Å²) in [5, 5.41) is 0. The highest BCUT2D eigenvalue weighted by Gasteiger charge is 2.22. The zero-order chi connectivity index (χ0) is 13.6. The van der Waals surface area contributed by atoms with Crippen molar-refractivity contribution in [2.45, 2.75) is 32.1 Å². The molecule has 1 heterocycles. The van der Waals surface area contributed by atoms with Crippen molar-refractivity contribution in [3.8, 4) is 0 Å². The Hall–Kier alpha value is -0.690. The molecule has 1 rings (SSSR count). The van der Waals surface area contributed by atoms with Crippen LogP contribution in [0, 0.1) is 0 Å². The van der Waals surface area contributed by atoms with E-state index in [1.165, 1.54) is 0 Å². The van der Waals surface area contributed by atoms with Gasteiger partial charge in [0.25, 0.3) is 0 Å². The molecule has 0 unspecified atom stereocenters. The monoisotopic (exact) mass is 292 g/mol. The molecule has 0 aromatic heterocycles. The predicted octanol–water partition coefficient (Wildman–Crippen LogP) is 0.480. The molecule has 1 aliphatic heterocycles. The molecule has 7 heteroatoms. The Morgan fingerprint density at radius 3 is 2.22 bits per heavy atom. The summed E-state index contributed by atoms with van der Waals surface area (Å²) < 4.78 is 23.4. The number of nitrogens with two attached hydrogens (primary N) is 1. The van der Waals surface area contributed by atoms with Crippen molar-refractivity contribution in [1.29, 1.82) is 0 Å². The lowest BCUT2D eigenvalue weighted by molar-refractivity contribution is -0.128. The summed E-state index contributed by atoms with van der Waals surface area (Å²) in [5.74, 6) is -0.850. The van der Waals surface area contributed by atoms with Crippen LogP contribution in [0.3, 0.4) is 0 Å². The fourth-order valence-corrected chi connectivity index (χ4v) is 3.39. The van der Waals surface area contributed by atoms with Crippen LogP contribution >= 0.6 is 12.2 Å². The third-order valence-corrected chi connectivity index (χ3v) is 4.68. The average molecular weight is 292 g/mol. The Morgan fingerprint density at radius 2 is 1.72 bits per heavy atom. The van der Waals surface area contributed by atoms with Gasteiger partial charge in [0.05, 0.1) is 10.7 Å². The number of hydrogen-bond donors (Lipinski definition) is 1. The maximum atomic E-state index is 11.9. The Balaban J connectivity index is 2.49. The van der Waals surface area contributed by atoms with Crippen LogP contribution in [0.1, 0.15) is 32.1 Å². The highest BCUT2D eigenvalue weighted by molar-refractivity contribution is 7.92. The first kappa shape index (κ1) is 15.4. The van der Waals surface area contributed by atoms with Crippen molar-refractivity contribution in [1.82, 2.24) is 4.90 Å². The van der Waals surface area contributed by atoms with Gasteiger partial charge in [-0.15, -0.1) is 0 Å². The molecule has 0 atom stereocenters. The topological polar surface area (TPSA) is 80.5 Å². The largest absolute Gasteiger partial charge is 0.393 e. The zero-order valence-corrected chi connectivity index (χ0v) is 12.1. The summed E-state index contributed by atoms with van der Waals surface area (Å²) >= 11 is 4.64. The Morgan fingerprint density at radius 1 is 1.17 bits per heavy atom. The van der Waals surface area contributed by atoms with Gasteiger partial charge in [0.1, 0.15) is 5.75 Å². The minimum absolute atomic E-state index is 0.137. The van der Waals surface area contributed by atoms with Gasteiger partial charge in [0.15, 0.2) is 9.84 Å². The molecule has 1 saturated heterocycles. The van der Waals surface area contributed by atoms with E-state index in [0.29, 0.717) is 13.1 Å². The van der Waals surface area contributed by atoms with E-state index in [1.54, 1.807) is 4.90 Å². The molecule has 0 aromatic carbocycles. The van der Waals surface area contributed by atoms with E-state index in [0.717, 1.165) is 25.7 Å². The van der Waals surface area contributed by atoms with Crippen LogP contribution in [0.5, 0.6) is 0 Å². The molecule has 2 N–H and O–H groups in total. The maximum absolute atomic E-state index is 11.9. The van der Waals surface area contributed by atoms with E-state index in [1.807, 2.05) is 0 Å². The molecule has 0 radical (unpaired) electrons. The van der Waals surface area contributed by atoms with E-state index in [9.17, 15) is 13.2 Å². The van der Waals surface area contributed by atoms with E-state index >= 15 is 0 Å². The second-order valence-corrected chi connectivity index (χ2v) is 7.31. The summed E-state index contributed by atoms with van der Waals surface area (Å²) in [5.41, 5.74) is 5.27. The summed E-state index contributed by atoms with van der Waals surface area (Å²) in [6.07, 6.45) is 4.28. The molecule has 0 saturated carbocycles. The second kappa shape index (κ2) is 7.04. The number of amides is 1. The van der Waals surface area contributed by atoms with Gasteiger partial charge in [-0.1, -0.05) is 25.1 Å². The first-order valence-electron chi connectivity index (χ1n) is 6.17. The highest BCUT2D eigenvalue weighted by Crippen LogP contribution is 2.10. The molecule has 0 aromatic rings. The first-order valence-corrected chi connectivity index (χ1v) is 8.40. The Kier molecular flexibility index (Phi) is 6.01. The molecule has 0 aliphatic carbocycles. The molecule has 1 aliphatic rings. The quantitative estimate of drug-likeness (QED) is 0.746.